The topological polar surface area (TPSA) is 70.7 Å². The van der Waals surface area contributed by atoms with Gasteiger partial charge in [-0.3, -0.25) is 9.59 Å². The van der Waals surface area contributed by atoms with Crippen LogP contribution in [0.1, 0.15) is 50.9 Å². The number of rotatable bonds is 10. The van der Waals surface area contributed by atoms with Crippen LogP contribution in [0.4, 0.5) is 0 Å². The van der Waals surface area contributed by atoms with Crippen molar-refractivity contribution in [2.75, 3.05) is 27.2 Å². The van der Waals surface area contributed by atoms with Crippen LogP contribution in [0.3, 0.4) is 0 Å². The molecule has 2 aromatic carbocycles. The molecule has 0 aliphatic rings. The maximum Gasteiger partial charge on any atom is 0.251 e. The molecule has 0 heterocycles. The molecule has 164 valence electrons. The quantitative estimate of drug-likeness (QED) is 0.624. The highest BCUT2D eigenvalue weighted by Crippen LogP contribution is 2.22. The van der Waals surface area contributed by atoms with Crippen LogP contribution < -0.4 is 15.4 Å². The van der Waals surface area contributed by atoms with Gasteiger partial charge in [0.15, 0.2) is 0 Å². The predicted octanol–water partition coefficient (Wildman–Crippen LogP) is 3.59. The van der Waals surface area contributed by atoms with Crippen molar-refractivity contribution in [3.63, 3.8) is 0 Å². The molecule has 0 radical (unpaired) electrons. The van der Waals surface area contributed by atoms with E-state index in [2.05, 4.69) is 36.3 Å². The first-order chi connectivity index (χ1) is 14.2. The highest BCUT2D eigenvalue weighted by atomic mass is 16.5. The van der Waals surface area contributed by atoms with E-state index < -0.39 is 6.04 Å². The minimum atomic E-state index is -0.573. The highest BCUT2D eigenvalue weighted by molar-refractivity contribution is 6.00. The van der Waals surface area contributed by atoms with Gasteiger partial charge in [0.2, 0.25) is 5.91 Å². The van der Waals surface area contributed by atoms with Gasteiger partial charge in [0.05, 0.1) is 6.61 Å². The molecule has 0 aliphatic heterocycles. The van der Waals surface area contributed by atoms with E-state index in [0.29, 0.717) is 25.1 Å². The molecule has 2 rings (SSSR count). The van der Waals surface area contributed by atoms with E-state index in [1.807, 2.05) is 51.4 Å². The summed E-state index contributed by atoms with van der Waals surface area (Å²) < 4.78 is 5.67. The molecular formula is C24H35N3O3. The Balaban J connectivity index is 2.05. The second-order valence-corrected chi connectivity index (χ2v) is 8.43. The highest BCUT2D eigenvalue weighted by Gasteiger charge is 2.24. The van der Waals surface area contributed by atoms with Crippen LogP contribution >= 0.6 is 0 Å². The van der Waals surface area contributed by atoms with Crippen molar-refractivity contribution >= 4 is 22.6 Å². The molecule has 0 aromatic heterocycles. The monoisotopic (exact) mass is 413 g/mol. The molecular weight excluding hydrogens is 378 g/mol. The number of fused-ring (bicyclic) bond motifs is 1. The van der Waals surface area contributed by atoms with E-state index in [9.17, 15) is 9.59 Å². The number of hydrogen-bond acceptors (Lipinski definition) is 4. The number of hydrogen-bond donors (Lipinski definition) is 2. The molecule has 0 spiro atoms. The lowest BCUT2D eigenvalue weighted by atomic mass is 10.0. The van der Waals surface area contributed by atoms with Crippen LogP contribution in [0, 0.1) is 0 Å². The Morgan fingerprint density at radius 1 is 1.07 bits per heavy atom. The zero-order chi connectivity index (χ0) is 22.3. The number of carbonyl (C=O) groups is 2. The van der Waals surface area contributed by atoms with Crippen LogP contribution in [0.15, 0.2) is 36.4 Å². The predicted molar refractivity (Wildman–Crippen MR) is 122 cm³/mol. The molecule has 2 amide bonds. The van der Waals surface area contributed by atoms with Crippen molar-refractivity contribution in [1.29, 1.82) is 0 Å². The number of benzene rings is 2. The van der Waals surface area contributed by atoms with Gasteiger partial charge in [-0.1, -0.05) is 26.0 Å². The fourth-order valence-electron chi connectivity index (χ4n) is 2.85. The van der Waals surface area contributed by atoms with E-state index in [0.717, 1.165) is 22.9 Å². The normalized spacial score (nSPS) is 12.6. The van der Waals surface area contributed by atoms with Crippen LogP contribution in [0.25, 0.3) is 10.8 Å². The van der Waals surface area contributed by atoms with E-state index >= 15 is 0 Å². The van der Waals surface area contributed by atoms with Gasteiger partial charge in [0, 0.05) is 17.6 Å². The first-order valence-electron chi connectivity index (χ1n) is 10.6. The summed E-state index contributed by atoms with van der Waals surface area (Å²) in [5.74, 6) is 0.404. The molecule has 30 heavy (non-hydrogen) atoms. The van der Waals surface area contributed by atoms with E-state index in [-0.39, 0.29) is 17.4 Å². The lowest BCUT2D eigenvalue weighted by Gasteiger charge is -2.33. The van der Waals surface area contributed by atoms with Gasteiger partial charge in [-0.2, -0.15) is 0 Å². The van der Waals surface area contributed by atoms with E-state index in [1.54, 1.807) is 6.07 Å². The Hall–Kier alpha value is -2.60. The molecule has 2 aromatic rings. The van der Waals surface area contributed by atoms with Crippen molar-refractivity contribution < 1.29 is 14.3 Å². The lowest BCUT2D eigenvalue weighted by Crippen LogP contribution is -2.53. The van der Waals surface area contributed by atoms with Gasteiger partial charge in [-0.05, 0) is 75.8 Å². The summed E-state index contributed by atoms with van der Waals surface area (Å²) in [6.07, 6.45) is 1.47. The van der Waals surface area contributed by atoms with Gasteiger partial charge in [-0.25, -0.2) is 0 Å². The van der Waals surface area contributed by atoms with Crippen LogP contribution in [0.5, 0.6) is 5.75 Å². The number of likely N-dealkylation sites (N-methyl/N-ethyl adjacent to an activating group) is 1. The molecule has 2 N–H and O–H groups in total. The Morgan fingerprint density at radius 3 is 2.37 bits per heavy atom. The third kappa shape index (κ3) is 6.20. The summed E-state index contributed by atoms with van der Waals surface area (Å²) >= 11 is 0. The zero-order valence-corrected chi connectivity index (χ0v) is 19.0. The fraction of sp³-hybridized carbons (Fsp3) is 0.500. The maximum atomic E-state index is 12.8. The third-order valence-electron chi connectivity index (χ3n) is 5.48. The van der Waals surface area contributed by atoms with Crippen LogP contribution in [-0.2, 0) is 4.79 Å². The Bertz CT molecular complexity index is 877. The standard InChI is InChI=1S/C24H35N3O3/c1-7-13-30-20-12-11-17-14-19(10-9-18(17)15-20)22(28)26-21(8-2)23(29)25-16-24(3,4)27(5)6/h9-12,14-15,21H,7-8,13,16H2,1-6H3,(H,25,29)(H,26,28)/t21-/m0/s1. The molecule has 0 unspecified atom stereocenters. The number of carbonyl (C=O) groups excluding carboxylic acids is 2. The zero-order valence-electron chi connectivity index (χ0n) is 19.0. The minimum absolute atomic E-state index is 0.167. The van der Waals surface area contributed by atoms with Crippen molar-refractivity contribution in [1.82, 2.24) is 15.5 Å². The van der Waals surface area contributed by atoms with Crippen LogP contribution in [0.2, 0.25) is 0 Å². The van der Waals surface area contributed by atoms with Crippen molar-refractivity contribution in [3.8, 4) is 5.75 Å². The summed E-state index contributed by atoms with van der Waals surface area (Å²) in [5, 5.41) is 7.78. The average Bonchev–Trinajstić information content (AvgIpc) is 2.73. The summed E-state index contributed by atoms with van der Waals surface area (Å²) in [6.45, 7) is 9.25. The molecule has 0 saturated carbocycles. The fourth-order valence-corrected chi connectivity index (χ4v) is 2.85. The Kier molecular flexibility index (Phi) is 8.24. The number of nitrogens with one attached hydrogen (secondary N) is 2. The second kappa shape index (κ2) is 10.4. The molecule has 6 nitrogen and oxygen atoms in total. The Labute approximate surface area is 180 Å². The van der Waals surface area contributed by atoms with Gasteiger partial charge in [0.1, 0.15) is 11.8 Å². The summed E-state index contributed by atoms with van der Waals surface area (Å²) in [6, 6.07) is 10.8. The average molecular weight is 414 g/mol. The Morgan fingerprint density at radius 2 is 1.73 bits per heavy atom. The SMILES string of the molecule is CCCOc1ccc2cc(C(=O)N[C@@H](CC)C(=O)NCC(C)(C)N(C)C)ccc2c1. The molecule has 0 saturated heterocycles. The van der Waals surface area contributed by atoms with E-state index in [1.165, 1.54) is 0 Å². The van der Waals surface area contributed by atoms with Gasteiger partial charge in [0.25, 0.3) is 5.91 Å². The molecule has 0 bridgehead atoms. The second-order valence-electron chi connectivity index (χ2n) is 8.43. The maximum absolute atomic E-state index is 12.8. The smallest absolute Gasteiger partial charge is 0.251 e. The lowest BCUT2D eigenvalue weighted by molar-refractivity contribution is -0.123. The summed E-state index contributed by atoms with van der Waals surface area (Å²) in [4.78, 5) is 27.4. The largest absolute Gasteiger partial charge is 0.494 e. The first kappa shape index (κ1) is 23.7. The molecule has 6 heteroatoms. The number of ether oxygens (including phenoxy) is 1. The number of nitrogens with zero attached hydrogens (tertiary/aromatic N) is 1. The summed E-state index contributed by atoms with van der Waals surface area (Å²) in [5.41, 5.74) is 0.361. The molecule has 0 aliphatic carbocycles. The summed E-state index contributed by atoms with van der Waals surface area (Å²) in [7, 11) is 3.95. The van der Waals surface area contributed by atoms with E-state index in [4.69, 9.17) is 4.74 Å². The van der Waals surface area contributed by atoms with Gasteiger partial charge >= 0.3 is 0 Å². The van der Waals surface area contributed by atoms with Crippen molar-refractivity contribution in [2.24, 2.45) is 0 Å². The van der Waals surface area contributed by atoms with Crippen molar-refractivity contribution in [3.05, 3.63) is 42.0 Å². The van der Waals surface area contributed by atoms with Crippen LogP contribution in [-0.4, -0.2) is 55.5 Å². The number of amides is 2. The van der Waals surface area contributed by atoms with Crippen molar-refractivity contribution in [2.45, 2.75) is 52.1 Å². The molecule has 1 atom stereocenters. The first-order valence-corrected chi connectivity index (χ1v) is 10.6. The molecule has 0 fully saturated rings. The third-order valence-corrected chi connectivity index (χ3v) is 5.48. The minimum Gasteiger partial charge on any atom is -0.494 e. The van der Waals surface area contributed by atoms with Gasteiger partial charge < -0.3 is 20.3 Å². The van der Waals surface area contributed by atoms with Gasteiger partial charge in [-0.15, -0.1) is 0 Å².